The number of carbonyl (C=O) groups is 2. The number of nitro groups is 1. The number of morpholine rings is 2. The van der Waals surface area contributed by atoms with Crippen molar-refractivity contribution < 1.29 is 24.0 Å². The molecule has 2 aliphatic rings. The standard InChI is InChI=1S/C18H21N3O6/c22-17(19-5-9-26-10-6-19)16(18(23)20-7-11-27-12-8-20)13-14-1-3-15(4-2-14)21(24)25/h1-4,13H,5-12H2. The average molecular weight is 375 g/mol. The van der Waals surface area contributed by atoms with Crippen LogP contribution in [-0.2, 0) is 19.1 Å². The average Bonchev–Trinajstić information content (AvgIpc) is 2.72. The van der Waals surface area contributed by atoms with E-state index in [4.69, 9.17) is 9.47 Å². The summed E-state index contributed by atoms with van der Waals surface area (Å²) in [6.45, 7) is 3.43. The van der Waals surface area contributed by atoms with Gasteiger partial charge in [0.05, 0.1) is 31.4 Å². The molecule has 9 nitrogen and oxygen atoms in total. The van der Waals surface area contributed by atoms with E-state index in [1.165, 1.54) is 30.3 Å². The minimum absolute atomic E-state index is 0.0484. The summed E-state index contributed by atoms with van der Waals surface area (Å²) in [5.41, 5.74) is 0.555. The second-order valence-corrected chi connectivity index (χ2v) is 6.22. The van der Waals surface area contributed by atoms with E-state index in [0.29, 0.717) is 58.2 Å². The van der Waals surface area contributed by atoms with Gasteiger partial charge in [0.2, 0.25) is 0 Å². The normalized spacial score (nSPS) is 17.3. The number of carbonyl (C=O) groups excluding carboxylic acids is 2. The van der Waals surface area contributed by atoms with E-state index in [-0.39, 0.29) is 23.1 Å². The highest BCUT2D eigenvalue weighted by Gasteiger charge is 2.29. The fourth-order valence-corrected chi connectivity index (χ4v) is 2.95. The number of nitrogens with zero attached hydrogens (tertiary/aromatic N) is 3. The van der Waals surface area contributed by atoms with Gasteiger partial charge < -0.3 is 19.3 Å². The summed E-state index contributed by atoms with van der Waals surface area (Å²) >= 11 is 0. The molecule has 0 aliphatic carbocycles. The summed E-state index contributed by atoms with van der Waals surface area (Å²) in [5, 5.41) is 10.8. The van der Waals surface area contributed by atoms with Crippen LogP contribution in [0.5, 0.6) is 0 Å². The van der Waals surface area contributed by atoms with Crippen LogP contribution in [0.3, 0.4) is 0 Å². The van der Waals surface area contributed by atoms with Crippen molar-refractivity contribution in [1.29, 1.82) is 0 Å². The maximum atomic E-state index is 13.0. The van der Waals surface area contributed by atoms with Crippen molar-refractivity contribution in [2.24, 2.45) is 0 Å². The fourth-order valence-electron chi connectivity index (χ4n) is 2.95. The molecular weight excluding hydrogens is 354 g/mol. The number of benzene rings is 1. The number of rotatable bonds is 4. The molecule has 0 unspecified atom stereocenters. The van der Waals surface area contributed by atoms with Gasteiger partial charge >= 0.3 is 0 Å². The number of hydrogen-bond acceptors (Lipinski definition) is 6. The number of amides is 2. The molecule has 1 aromatic rings. The van der Waals surface area contributed by atoms with Gasteiger partial charge in [-0.1, -0.05) is 0 Å². The maximum Gasteiger partial charge on any atom is 0.269 e. The molecule has 2 aliphatic heterocycles. The Hall–Kier alpha value is -2.78. The summed E-state index contributed by atoms with van der Waals surface area (Å²) < 4.78 is 10.5. The monoisotopic (exact) mass is 375 g/mol. The highest BCUT2D eigenvalue weighted by atomic mass is 16.6. The smallest absolute Gasteiger partial charge is 0.269 e. The Bertz CT molecular complexity index is 702. The second-order valence-electron chi connectivity index (χ2n) is 6.22. The predicted octanol–water partition coefficient (Wildman–Crippen LogP) is 0.696. The Kier molecular flexibility index (Phi) is 6.15. The third kappa shape index (κ3) is 4.69. The number of hydrogen-bond donors (Lipinski definition) is 0. The lowest BCUT2D eigenvalue weighted by Crippen LogP contribution is -2.47. The van der Waals surface area contributed by atoms with Crippen LogP contribution in [0, 0.1) is 10.1 Å². The highest BCUT2D eigenvalue weighted by Crippen LogP contribution is 2.18. The van der Waals surface area contributed by atoms with Gasteiger partial charge in [-0.15, -0.1) is 0 Å². The molecule has 0 aromatic heterocycles. The van der Waals surface area contributed by atoms with Crippen LogP contribution in [0.2, 0.25) is 0 Å². The van der Waals surface area contributed by atoms with E-state index in [9.17, 15) is 19.7 Å². The Morgan fingerprint density at radius 1 is 0.889 bits per heavy atom. The van der Waals surface area contributed by atoms with Crippen LogP contribution < -0.4 is 0 Å². The lowest BCUT2D eigenvalue weighted by Gasteiger charge is -2.31. The summed E-state index contributed by atoms with van der Waals surface area (Å²) in [7, 11) is 0. The number of ether oxygens (including phenoxy) is 2. The van der Waals surface area contributed by atoms with E-state index in [1.54, 1.807) is 9.80 Å². The van der Waals surface area contributed by atoms with E-state index in [2.05, 4.69) is 0 Å². The molecule has 0 bridgehead atoms. The van der Waals surface area contributed by atoms with Gasteiger partial charge in [0, 0.05) is 38.3 Å². The molecule has 1 aromatic carbocycles. The molecule has 0 N–H and O–H groups in total. The number of non-ortho nitro benzene ring substituents is 1. The van der Waals surface area contributed by atoms with Crippen molar-refractivity contribution in [3.05, 3.63) is 45.5 Å². The van der Waals surface area contributed by atoms with E-state index in [0.717, 1.165) is 0 Å². The maximum absolute atomic E-state index is 13.0. The van der Waals surface area contributed by atoms with Gasteiger partial charge in [-0.05, 0) is 23.8 Å². The van der Waals surface area contributed by atoms with Gasteiger partial charge in [0.15, 0.2) is 0 Å². The zero-order valence-corrected chi connectivity index (χ0v) is 14.8. The van der Waals surface area contributed by atoms with Crippen LogP contribution in [0.1, 0.15) is 5.56 Å². The van der Waals surface area contributed by atoms with Crippen LogP contribution in [-0.4, -0.2) is 79.1 Å². The Labute approximate surface area is 156 Å². The van der Waals surface area contributed by atoms with Crippen molar-refractivity contribution in [3.63, 3.8) is 0 Å². The lowest BCUT2D eigenvalue weighted by molar-refractivity contribution is -0.384. The van der Waals surface area contributed by atoms with E-state index >= 15 is 0 Å². The Balaban J connectivity index is 1.88. The minimum Gasteiger partial charge on any atom is -0.378 e. The molecular formula is C18H21N3O6. The Morgan fingerprint density at radius 3 is 1.74 bits per heavy atom. The molecule has 0 radical (unpaired) electrons. The van der Waals surface area contributed by atoms with Gasteiger partial charge in [0.25, 0.3) is 17.5 Å². The van der Waals surface area contributed by atoms with Crippen molar-refractivity contribution in [1.82, 2.24) is 9.80 Å². The minimum atomic E-state index is -0.494. The molecule has 0 spiro atoms. The van der Waals surface area contributed by atoms with Crippen molar-refractivity contribution in [3.8, 4) is 0 Å². The van der Waals surface area contributed by atoms with Crippen molar-refractivity contribution in [2.45, 2.75) is 0 Å². The largest absolute Gasteiger partial charge is 0.378 e. The highest BCUT2D eigenvalue weighted by molar-refractivity contribution is 6.21. The molecule has 27 heavy (non-hydrogen) atoms. The van der Waals surface area contributed by atoms with Crippen LogP contribution in [0.4, 0.5) is 5.69 Å². The topological polar surface area (TPSA) is 102 Å². The summed E-state index contributed by atoms with van der Waals surface area (Å²) in [4.78, 5) is 39.5. The second kappa shape index (κ2) is 8.74. The molecule has 2 heterocycles. The number of nitro benzene ring substituents is 1. The van der Waals surface area contributed by atoms with Gasteiger partial charge in [-0.25, -0.2) is 0 Å². The summed E-state index contributed by atoms with van der Waals surface area (Å²) in [6, 6.07) is 5.75. The fraction of sp³-hybridized carbons (Fsp3) is 0.444. The third-order valence-corrected chi connectivity index (χ3v) is 4.47. The lowest BCUT2D eigenvalue weighted by atomic mass is 10.1. The molecule has 0 saturated carbocycles. The first kappa shape index (κ1) is 19.0. The molecule has 2 saturated heterocycles. The summed E-state index contributed by atoms with van der Waals surface area (Å²) in [6.07, 6.45) is 1.50. The predicted molar refractivity (Wildman–Crippen MR) is 95.9 cm³/mol. The SMILES string of the molecule is O=C(C(=Cc1ccc([N+](=O)[O-])cc1)C(=O)N1CCOCC1)N1CCOCC1. The van der Waals surface area contributed by atoms with Gasteiger partial charge in [-0.3, -0.25) is 19.7 Å². The summed E-state index contributed by atoms with van der Waals surface area (Å²) in [5.74, 6) is -0.707. The van der Waals surface area contributed by atoms with Crippen LogP contribution in [0.15, 0.2) is 29.8 Å². The first-order valence-corrected chi connectivity index (χ1v) is 8.76. The van der Waals surface area contributed by atoms with Gasteiger partial charge in [0.1, 0.15) is 5.57 Å². The molecule has 2 amide bonds. The van der Waals surface area contributed by atoms with Crippen molar-refractivity contribution in [2.75, 3.05) is 52.6 Å². The quantitative estimate of drug-likeness (QED) is 0.252. The molecule has 3 rings (SSSR count). The molecule has 144 valence electrons. The Morgan fingerprint density at radius 2 is 1.33 bits per heavy atom. The molecule has 9 heteroatoms. The zero-order chi connectivity index (χ0) is 19.2. The molecule has 2 fully saturated rings. The van der Waals surface area contributed by atoms with Crippen molar-refractivity contribution >= 4 is 23.6 Å². The van der Waals surface area contributed by atoms with Crippen LogP contribution >= 0.6 is 0 Å². The molecule has 0 atom stereocenters. The van der Waals surface area contributed by atoms with E-state index in [1.807, 2.05) is 0 Å². The first-order chi connectivity index (χ1) is 13.1. The first-order valence-electron chi connectivity index (χ1n) is 8.76. The van der Waals surface area contributed by atoms with Crippen LogP contribution in [0.25, 0.3) is 6.08 Å². The van der Waals surface area contributed by atoms with E-state index < -0.39 is 4.92 Å². The zero-order valence-electron chi connectivity index (χ0n) is 14.8. The third-order valence-electron chi connectivity index (χ3n) is 4.47. The van der Waals surface area contributed by atoms with Gasteiger partial charge in [-0.2, -0.15) is 0 Å².